The van der Waals surface area contributed by atoms with Gasteiger partial charge in [0.25, 0.3) is 0 Å². The zero-order valence-electron chi connectivity index (χ0n) is 11.3. The smallest absolute Gasteiger partial charge is 0.129 e. The van der Waals surface area contributed by atoms with Crippen LogP contribution in [0.15, 0.2) is 36.8 Å². The summed E-state index contributed by atoms with van der Waals surface area (Å²) in [6, 6.07) is 7.34. The van der Waals surface area contributed by atoms with Crippen molar-refractivity contribution in [1.29, 1.82) is 0 Å². The van der Waals surface area contributed by atoms with E-state index in [0.29, 0.717) is 12.4 Å². The van der Waals surface area contributed by atoms with Crippen LogP contribution in [0.1, 0.15) is 6.93 Å². The SMILES string of the molecule is [2H]c1nccc(NCc2ccc(OC)cc2OC)n1. The fourth-order valence-corrected chi connectivity index (χ4v) is 1.54. The minimum absolute atomic E-state index is 0.00769. The Labute approximate surface area is 107 Å². The Balaban J connectivity index is 2.11. The van der Waals surface area contributed by atoms with Crippen LogP contribution >= 0.6 is 0 Å². The molecule has 0 fully saturated rings. The molecule has 0 saturated heterocycles. The first-order valence-electron chi connectivity index (χ1n) is 5.97. The highest BCUT2D eigenvalue weighted by Crippen LogP contribution is 2.24. The number of ether oxygens (including phenoxy) is 2. The van der Waals surface area contributed by atoms with E-state index >= 15 is 0 Å². The second-order valence-electron chi connectivity index (χ2n) is 3.57. The molecule has 2 rings (SSSR count). The number of aromatic nitrogens is 2. The number of rotatable bonds is 5. The van der Waals surface area contributed by atoms with Gasteiger partial charge in [0.05, 0.1) is 14.2 Å². The van der Waals surface area contributed by atoms with Gasteiger partial charge in [-0.2, -0.15) is 0 Å². The molecular weight excluding hydrogens is 230 g/mol. The van der Waals surface area contributed by atoms with Crippen LogP contribution in [0.4, 0.5) is 5.82 Å². The van der Waals surface area contributed by atoms with Crippen molar-refractivity contribution in [2.24, 2.45) is 0 Å². The molecule has 1 N–H and O–H groups in total. The Morgan fingerprint density at radius 3 is 2.89 bits per heavy atom. The summed E-state index contributed by atoms with van der Waals surface area (Å²) in [6.07, 6.45) is 1.54. The van der Waals surface area contributed by atoms with Crippen LogP contribution in [0.25, 0.3) is 0 Å². The topological polar surface area (TPSA) is 56.3 Å². The Bertz CT molecular complexity index is 563. The maximum absolute atomic E-state index is 7.35. The quantitative estimate of drug-likeness (QED) is 0.875. The number of nitrogens with zero attached hydrogens (tertiary/aromatic N) is 2. The van der Waals surface area contributed by atoms with E-state index in [1.807, 2.05) is 18.2 Å². The van der Waals surface area contributed by atoms with Crippen LogP contribution in [0, 0.1) is 0 Å². The molecule has 0 atom stereocenters. The second-order valence-corrected chi connectivity index (χ2v) is 3.57. The molecule has 0 spiro atoms. The largest absolute Gasteiger partial charge is 0.497 e. The van der Waals surface area contributed by atoms with E-state index < -0.39 is 0 Å². The minimum atomic E-state index is -0.00769. The van der Waals surface area contributed by atoms with Crippen LogP contribution < -0.4 is 14.8 Å². The Morgan fingerprint density at radius 2 is 2.17 bits per heavy atom. The lowest BCUT2D eigenvalue weighted by atomic mass is 10.2. The van der Waals surface area contributed by atoms with Gasteiger partial charge in [-0.3, -0.25) is 0 Å². The van der Waals surface area contributed by atoms with Crippen LogP contribution in [-0.4, -0.2) is 24.2 Å². The van der Waals surface area contributed by atoms with Crippen LogP contribution in [0.3, 0.4) is 0 Å². The van der Waals surface area contributed by atoms with E-state index in [2.05, 4.69) is 15.3 Å². The lowest BCUT2D eigenvalue weighted by Crippen LogP contribution is -2.03. The first-order chi connectivity index (χ1) is 9.22. The van der Waals surface area contributed by atoms with Gasteiger partial charge in [-0.25, -0.2) is 9.97 Å². The first-order valence-corrected chi connectivity index (χ1v) is 5.47. The summed E-state index contributed by atoms with van der Waals surface area (Å²) in [5.41, 5.74) is 0.980. The molecule has 1 heterocycles. The molecule has 18 heavy (non-hydrogen) atoms. The summed E-state index contributed by atoms with van der Waals surface area (Å²) in [5, 5.41) is 3.12. The van der Waals surface area contributed by atoms with Crippen molar-refractivity contribution < 1.29 is 10.8 Å². The van der Waals surface area contributed by atoms with Crippen molar-refractivity contribution in [3.8, 4) is 11.5 Å². The highest BCUT2D eigenvalue weighted by molar-refractivity contribution is 5.43. The molecule has 0 aliphatic carbocycles. The van der Waals surface area contributed by atoms with Gasteiger partial charge in [0.15, 0.2) is 0 Å². The summed E-state index contributed by atoms with van der Waals surface area (Å²) in [4.78, 5) is 7.68. The Morgan fingerprint density at radius 1 is 1.28 bits per heavy atom. The molecule has 2 aromatic rings. The van der Waals surface area contributed by atoms with Gasteiger partial charge >= 0.3 is 0 Å². The van der Waals surface area contributed by atoms with Crippen molar-refractivity contribution in [2.45, 2.75) is 6.54 Å². The third kappa shape index (κ3) is 2.88. The summed E-state index contributed by atoms with van der Waals surface area (Å²) in [6.45, 7) is 0.545. The number of methoxy groups -OCH3 is 2. The molecule has 0 unspecified atom stereocenters. The molecule has 0 aliphatic rings. The number of anilines is 1. The summed E-state index contributed by atoms with van der Waals surface area (Å²) < 4.78 is 17.8. The zero-order chi connectivity index (χ0) is 13.7. The third-order valence-corrected chi connectivity index (χ3v) is 2.49. The summed E-state index contributed by atoms with van der Waals surface area (Å²) in [5.74, 6) is 2.10. The van der Waals surface area contributed by atoms with Gasteiger partial charge in [-0.05, 0) is 18.2 Å². The number of hydrogen-bond acceptors (Lipinski definition) is 5. The monoisotopic (exact) mass is 246 g/mol. The van der Waals surface area contributed by atoms with Crippen molar-refractivity contribution in [2.75, 3.05) is 19.5 Å². The maximum Gasteiger partial charge on any atom is 0.129 e. The van der Waals surface area contributed by atoms with Crippen molar-refractivity contribution >= 4 is 5.82 Å². The molecule has 5 nitrogen and oxygen atoms in total. The van der Waals surface area contributed by atoms with E-state index in [1.54, 1.807) is 26.5 Å². The van der Waals surface area contributed by atoms with Gasteiger partial charge in [-0.1, -0.05) is 0 Å². The average molecular weight is 246 g/mol. The van der Waals surface area contributed by atoms with Gasteiger partial charge in [0.2, 0.25) is 0 Å². The van der Waals surface area contributed by atoms with E-state index in [9.17, 15) is 0 Å². The highest BCUT2D eigenvalue weighted by atomic mass is 16.5. The van der Waals surface area contributed by atoms with E-state index in [4.69, 9.17) is 10.8 Å². The van der Waals surface area contributed by atoms with Crippen molar-refractivity contribution in [1.82, 2.24) is 9.97 Å². The van der Waals surface area contributed by atoms with Crippen molar-refractivity contribution in [3.05, 3.63) is 42.3 Å². The molecule has 0 radical (unpaired) electrons. The van der Waals surface area contributed by atoms with Gasteiger partial charge in [0.1, 0.15) is 25.0 Å². The van der Waals surface area contributed by atoms with Crippen LogP contribution in [-0.2, 0) is 6.54 Å². The van der Waals surface area contributed by atoms with Crippen LogP contribution in [0.5, 0.6) is 11.5 Å². The maximum atomic E-state index is 7.35. The number of benzene rings is 1. The van der Waals surface area contributed by atoms with E-state index in [-0.39, 0.29) is 6.30 Å². The second kappa shape index (κ2) is 5.86. The molecule has 0 saturated carbocycles. The lowest BCUT2D eigenvalue weighted by Gasteiger charge is -2.11. The van der Waals surface area contributed by atoms with Gasteiger partial charge in [-0.15, -0.1) is 0 Å². The normalized spacial score (nSPS) is 10.7. The highest BCUT2D eigenvalue weighted by Gasteiger charge is 2.04. The van der Waals surface area contributed by atoms with Crippen molar-refractivity contribution in [3.63, 3.8) is 0 Å². The van der Waals surface area contributed by atoms with Gasteiger partial charge < -0.3 is 14.8 Å². The third-order valence-electron chi connectivity index (χ3n) is 2.49. The van der Waals surface area contributed by atoms with Crippen LogP contribution in [0.2, 0.25) is 0 Å². The zero-order valence-corrected chi connectivity index (χ0v) is 10.3. The molecule has 0 aliphatic heterocycles. The standard InChI is InChI=1S/C13H15N3O2/c1-17-11-4-3-10(12(7-11)18-2)8-15-13-5-6-14-9-16-13/h3-7,9H,8H2,1-2H3,(H,14,15,16)/i9D. The number of hydrogen-bond donors (Lipinski definition) is 1. The predicted octanol–water partition coefficient (Wildman–Crippen LogP) is 2.11. The summed E-state index contributed by atoms with van der Waals surface area (Å²) >= 11 is 0. The molecule has 0 bridgehead atoms. The molecule has 0 amide bonds. The Kier molecular flexibility index (Phi) is 3.52. The predicted molar refractivity (Wildman–Crippen MR) is 68.9 cm³/mol. The Hall–Kier alpha value is -2.30. The summed E-state index contributed by atoms with van der Waals surface area (Å²) in [7, 11) is 3.23. The molecule has 1 aromatic carbocycles. The van der Waals surface area contributed by atoms with E-state index in [1.165, 1.54) is 0 Å². The number of nitrogens with one attached hydrogen (secondary N) is 1. The molecule has 94 valence electrons. The molecule has 5 heteroatoms. The fraction of sp³-hybridized carbons (Fsp3) is 0.231. The lowest BCUT2D eigenvalue weighted by molar-refractivity contribution is 0.391. The first kappa shape index (κ1) is 10.8. The molecule has 1 aromatic heterocycles. The minimum Gasteiger partial charge on any atom is -0.497 e. The van der Waals surface area contributed by atoms with Gasteiger partial charge in [0, 0.05) is 24.4 Å². The van der Waals surface area contributed by atoms with E-state index in [0.717, 1.165) is 17.1 Å². The average Bonchev–Trinajstić information content (AvgIpc) is 2.45. The molecular formula is C13H15N3O2. The fourth-order valence-electron chi connectivity index (χ4n) is 1.54.